The molecule has 1 aromatic carbocycles. The summed E-state index contributed by atoms with van der Waals surface area (Å²) >= 11 is 0. The van der Waals surface area contributed by atoms with Crippen LogP contribution in [0, 0.1) is 11.8 Å². The fraction of sp³-hybridized carbons (Fsp3) is 0.644. The van der Waals surface area contributed by atoms with E-state index in [4.69, 9.17) is 5.73 Å². The zero-order chi connectivity index (χ0) is 49.4. The van der Waals surface area contributed by atoms with E-state index in [1.54, 1.807) is 38.1 Å². The zero-order valence-corrected chi connectivity index (χ0v) is 40.5. The highest BCUT2D eigenvalue weighted by Crippen LogP contribution is 2.26. The molecule has 0 saturated carbocycles. The van der Waals surface area contributed by atoms with Crippen LogP contribution in [-0.4, -0.2) is 153 Å². The van der Waals surface area contributed by atoms with Crippen LogP contribution in [0.5, 0.6) is 0 Å². The first-order valence-electron chi connectivity index (χ1n) is 22.9. The molecular formula is C45H67N9O11S2. The van der Waals surface area contributed by atoms with Gasteiger partial charge in [-0.3, -0.25) is 43.2 Å². The molecule has 22 heteroatoms. The Morgan fingerprint density at radius 3 is 1.75 bits per heavy atom. The van der Waals surface area contributed by atoms with Gasteiger partial charge in [0.1, 0.15) is 48.6 Å². The van der Waals surface area contributed by atoms with Crippen LogP contribution in [0.15, 0.2) is 30.3 Å². The molecule has 0 aromatic heterocycles. The predicted molar refractivity (Wildman–Crippen MR) is 252 cm³/mol. The van der Waals surface area contributed by atoms with Gasteiger partial charge in [0.25, 0.3) is 0 Å². The van der Waals surface area contributed by atoms with Gasteiger partial charge in [0.2, 0.25) is 47.3 Å². The van der Waals surface area contributed by atoms with E-state index in [0.29, 0.717) is 25.5 Å². The van der Waals surface area contributed by atoms with Gasteiger partial charge in [0.15, 0.2) is 0 Å². The lowest BCUT2D eigenvalue weighted by Gasteiger charge is -2.31. The van der Waals surface area contributed by atoms with Gasteiger partial charge < -0.3 is 57.3 Å². The Labute approximate surface area is 399 Å². The molecule has 4 rings (SSSR count). The van der Waals surface area contributed by atoms with Crippen LogP contribution in [-0.2, 0) is 54.4 Å². The number of nitrogens with zero attached hydrogens (tertiary/aromatic N) is 2. The van der Waals surface area contributed by atoms with Gasteiger partial charge in [-0.15, -0.1) is 0 Å². The first-order chi connectivity index (χ1) is 31.8. The van der Waals surface area contributed by atoms with Crippen molar-refractivity contribution in [1.29, 1.82) is 0 Å². The van der Waals surface area contributed by atoms with Crippen LogP contribution in [0.3, 0.4) is 0 Å². The molecule has 0 unspecified atom stereocenters. The molecular weight excluding hydrogens is 907 g/mol. The second-order valence-electron chi connectivity index (χ2n) is 18.2. The molecule has 370 valence electrons. The van der Waals surface area contributed by atoms with Crippen LogP contribution in [0.25, 0.3) is 0 Å². The molecule has 1 aromatic rings. The van der Waals surface area contributed by atoms with Gasteiger partial charge in [0, 0.05) is 37.4 Å². The number of benzene rings is 1. The van der Waals surface area contributed by atoms with Crippen LogP contribution in [0.1, 0.15) is 91.5 Å². The third-order valence-electron chi connectivity index (χ3n) is 11.7. The Bertz CT molecular complexity index is 1940. The first-order valence-corrected chi connectivity index (χ1v) is 25.4. The molecule has 67 heavy (non-hydrogen) atoms. The van der Waals surface area contributed by atoms with Crippen molar-refractivity contribution in [1.82, 2.24) is 41.7 Å². The lowest BCUT2D eigenvalue weighted by molar-refractivity contribution is -0.143. The molecule has 3 aliphatic heterocycles. The van der Waals surface area contributed by atoms with Crippen LogP contribution in [0.2, 0.25) is 0 Å². The van der Waals surface area contributed by atoms with Gasteiger partial charge in [-0.1, -0.05) is 79.6 Å². The number of fused-ring (bicyclic) bond motifs is 2. The topological polar surface area (TPSA) is 296 Å². The summed E-state index contributed by atoms with van der Waals surface area (Å²) in [6.45, 7) is 9.09. The van der Waals surface area contributed by atoms with E-state index in [1.165, 1.54) is 38.3 Å². The highest BCUT2D eigenvalue weighted by atomic mass is 33.1. The summed E-state index contributed by atoms with van der Waals surface area (Å²) in [6.07, 6.45) is 1.50. The van der Waals surface area contributed by atoms with E-state index in [0.717, 1.165) is 5.56 Å². The second kappa shape index (κ2) is 26.4. The zero-order valence-electron chi connectivity index (χ0n) is 38.8. The van der Waals surface area contributed by atoms with Gasteiger partial charge in [0.05, 0.1) is 12.1 Å². The summed E-state index contributed by atoms with van der Waals surface area (Å²) in [5.74, 6) is -6.69. The average Bonchev–Trinajstić information content (AvgIpc) is 3.98. The van der Waals surface area contributed by atoms with E-state index >= 15 is 0 Å². The number of aldehydes is 1. The molecule has 3 aliphatic rings. The van der Waals surface area contributed by atoms with Crippen LogP contribution < -0.4 is 37.6 Å². The maximum Gasteiger partial charge on any atom is 0.303 e. The number of carbonyl (C=O) groups is 10. The van der Waals surface area contributed by atoms with E-state index in [-0.39, 0.29) is 68.5 Å². The van der Waals surface area contributed by atoms with E-state index in [2.05, 4.69) is 31.9 Å². The predicted octanol–water partition coefficient (Wildman–Crippen LogP) is 0.0180. The number of nitrogens with one attached hydrogen (secondary N) is 6. The Hall–Kier alpha value is -5.22. The van der Waals surface area contributed by atoms with Crippen molar-refractivity contribution in [3.05, 3.63) is 35.9 Å². The van der Waals surface area contributed by atoms with E-state index in [9.17, 15) is 53.1 Å². The van der Waals surface area contributed by atoms with E-state index in [1.807, 2.05) is 19.9 Å². The van der Waals surface area contributed by atoms with Gasteiger partial charge in [-0.2, -0.15) is 0 Å². The number of carboxylic acid groups (broad SMARTS) is 1. The number of rotatable bonds is 10. The highest BCUT2D eigenvalue weighted by Gasteiger charge is 2.42. The lowest BCUT2D eigenvalue weighted by atomic mass is 10.0. The first kappa shape index (κ1) is 54.4. The standard InChI is InChI=1S/C45H67N9O11S2/c1-25(2)19-32-40(60)48-29(22-55)23-66-67-24-30(46)44(64)53-17-9-14-36(53)43(63)52-34(21-28-11-7-6-8-12-28)45(65)54-18-10-13-35(54)42(62)47-27(5)38(58)50-33(20-26(3)4)41(61)49-31(39(59)51-32)15-16-37(56)57/h6-8,11-12,22,25-27,29-36H,9-10,13-21,23-24,46H2,1-5H3,(H,47,62)(H,48,60)(H,49,61)(H,50,58)(H,51,59)(H,52,63)(H,56,57)/t27-,29+,30-,31-,32-,33-,34-,35-,36-/m0/s1. The number of aliphatic carboxylic acids is 1. The molecule has 9 N–H and O–H groups in total. The van der Waals surface area contributed by atoms with Crippen molar-refractivity contribution < 1.29 is 53.1 Å². The second-order valence-corrected chi connectivity index (χ2v) is 20.7. The number of carbonyl (C=O) groups excluding carboxylic acids is 9. The number of hydrogen-bond donors (Lipinski definition) is 8. The van der Waals surface area contributed by atoms with Crippen molar-refractivity contribution in [3.8, 4) is 0 Å². The van der Waals surface area contributed by atoms with Crippen molar-refractivity contribution >= 4 is 81.1 Å². The maximum atomic E-state index is 14.4. The molecule has 3 heterocycles. The van der Waals surface area contributed by atoms with Crippen molar-refractivity contribution in [2.24, 2.45) is 17.6 Å². The van der Waals surface area contributed by atoms with Crippen LogP contribution >= 0.6 is 21.6 Å². The molecule has 0 spiro atoms. The molecule has 0 bridgehead atoms. The number of hydrogen-bond acceptors (Lipinski definition) is 13. The molecule has 3 fully saturated rings. The monoisotopic (exact) mass is 973 g/mol. The summed E-state index contributed by atoms with van der Waals surface area (Å²) in [5, 5.41) is 25.5. The number of amides is 8. The molecule has 9 atom stereocenters. The largest absolute Gasteiger partial charge is 0.481 e. The Balaban J connectivity index is 1.66. The van der Waals surface area contributed by atoms with Gasteiger partial charge >= 0.3 is 5.97 Å². The van der Waals surface area contributed by atoms with Gasteiger partial charge in [-0.25, -0.2) is 0 Å². The van der Waals surface area contributed by atoms with Gasteiger partial charge in [-0.05, 0) is 69.3 Å². The summed E-state index contributed by atoms with van der Waals surface area (Å²) in [4.78, 5) is 138. The van der Waals surface area contributed by atoms with Crippen LogP contribution in [0.4, 0.5) is 0 Å². The quantitative estimate of drug-likeness (QED) is 0.113. The van der Waals surface area contributed by atoms with Crippen molar-refractivity contribution in [3.63, 3.8) is 0 Å². The molecule has 0 radical (unpaired) electrons. The molecule has 3 saturated heterocycles. The normalized spacial score (nSPS) is 28.4. The summed E-state index contributed by atoms with van der Waals surface area (Å²) in [7, 11) is 2.36. The summed E-state index contributed by atoms with van der Waals surface area (Å²) in [6, 6.07) is -1.19. The maximum absolute atomic E-state index is 14.4. The average molecular weight is 974 g/mol. The summed E-state index contributed by atoms with van der Waals surface area (Å²) < 4.78 is 0. The molecule has 0 aliphatic carbocycles. The minimum atomic E-state index is -1.45. The Morgan fingerprint density at radius 1 is 0.687 bits per heavy atom. The van der Waals surface area contributed by atoms with E-state index < -0.39 is 114 Å². The number of carboxylic acids is 1. The summed E-state index contributed by atoms with van der Waals surface area (Å²) in [5.41, 5.74) is 7.10. The highest BCUT2D eigenvalue weighted by molar-refractivity contribution is 8.76. The SMILES string of the molecule is CC(C)C[C@@H]1NC(=O)[C@H](C)NC(=O)[C@@H]2CCCN2C(=O)[C@H](Cc2ccccc2)NC(=O)[C@@H]2CCCN2C(=O)[C@@H](N)CSSC[C@@H](C=O)NC(=O)[C@H](CC(C)C)NC(=O)[C@H](CCC(=O)O)NC1=O. The smallest absolute Gasteiger partial charge is 0.303 e. The minimum absolute atomic E-state index is 0.0621. The molecule has 20 nitrogen and oxygen atoms in total. The van der Waals surface area contributed by atoms with Crippen molar-refractivity contribution in [2.45, 2.75) is 147 Å². The fourth-order valence-electron chi connectivity index (χ4n) is 8.21. The fourth-order valence-corrected chi connectivity index (χ4v) is 10.5. The number of nitrogens with two attached hydrogens (primary N) is 1. The van der Waals surface area contributed by atoms with Crippen molar-refractivity contribution in [2.75, 3.05) is 24.6 Å². The Morgan fingerprint density at radius 2 is 1.18 bits per heavy atom. The lowest BCUT2D eigenvalue weighted by Crippen LogP contribution is -2.60. The third kappa shape index (κ3) is 16.5. The third-order valence-corrected chi connectivity index (χ3v) is 14.1. The Kier molecular flexibility index (Phi) is 21.4. The minimum Gasteiger partial charge on any atom is -0.481 e. The molecule has 8 amide bonds.